The summed E-state index contributed by atoms with van der Waals surface area (Å²) in [4.78, 5) is 23.9. The minimum absolute atomic E-state index is 0.600. The number of hydrogen-bond acceptors (Lipinski definition) is 6. The molecule has 0 saturated carbocycles. The predicted octanol–water partition coefficient (Wildman–Crippen LogP) is 6.93. The average molecular weight is 519 g/mol. The molecule has 7 heteroatoms. The second-order valence-electron chi connectivity index (χ2n) is 8.67. The Morgan fingerprint density at radius 1 is 1.03 bits per heavy atom. The van der Waals surface area contributed by atoms with Gasteiger partial charge >= 0.3 is 0 Å². The fourth-order valence-electron chi connectivity index (χ4n) is 4.79. The summed E-state index contributed by atoms with van der Waals surface area (Å²) in [5.41, 5.74) is 6.20. The Kier molecular flexibility index (Phi) is 7.50. The lowest BCUT2D eigenvalue weighted by Gasteiger charge is -2.33. The molecule has 3 aromatic rings. The molecular weight excluding hydrogens is 486 g/mol. The fourth-order valence-corrected chi connectivity index (χ4v) is 6.59. The molecule has 0 spiro atoms. The van der Waals surface area contributed by atoms with E-state index < -0.39 is 0 Å². The average Bonchev–Trinajstić information content (AvgIpc) is 3.06. The molecule has 1 aromatic carbocycles. The summed E-state index contributed by atoms with van der Waals surface area (Å²) in [7, 11) is 0. The van der Waals surface area contributed by atoms with E-state index in [2.05, 4.69) is 53.7 Å². The topological polar surface area (TPSA) is 47.5 Å². The zero-order valence-corrected chi connectivity index (χ0v) is 22.0. The summed E-state index contributed by atoms with van der Waals surface area (Å²) in [6.45, 7) is 13.9. The summed E-state index contributed by atoms with van der Waals surface area (Å²) < 4.78 is 2.33. The molecule has 0 unspecified atom stereocenters. The zero-order chi connectivity index (χ0) is 22.8. The van der Waals surface area contributed by atoms with E-state index in [1.807, 2.05) is 25.2 Å². The Bertz CT molecular complexity index is 1080. The Balaban J connectivity index is 1.64. The minimum atomic E-state index is 0.600. The van der Waals surface area contributed by atoms with Crippen molar-refractivity contribution in [3.05, 3.63) is 38.4 Å². The molecule has 1 fully saturated rings. The molecule has 2 aromatic heterocycles. The van der Waals surface area contributed by atoms with Crippen LogP contribution in [0.15, 0.2) is 16.6 Å². The molecule has 32 heavy (non-hydrogen) atoms. The number of aromatic nitrogens is 2. The third-order valence-electron chi connectivity index (χ3n) is 6.28. The van der Waals surface area contributed by atoms with Gasteiger partial charge in [0.2, 0.25) is 0 Å². The summed E-state index contributed by atoms with van der Waals surface area (Å²) in [6, 6.07) is 4.39. The lowest BCUT2D eigenvalue weighted by molar-refractivity contribution is -0.292. The summed E-state index contributed by atoms with van der Waals surface area (Å²) in [6.07, 6.45) is 3.36. The monoisotopic (exact) mass is 517 g/mol. The summed E-state index contributed by atoms with van der Waals surface area (Å²) in [5.74, 6) is 2.62. The van der Waals surface area contributed by atoms with Crippen LogP contribution in [0.5, 0.6) is 0 Å². The second-order valence-corrected chi connectivity index (χ2v) is 10.8. The zero-order valence-electron chi connectivity index (χ0n) is 19.6. The molecule has 1 aliphatic rings. The van der Waals surface area contributed by atoms with Crippen molar-refractivity contribution in [2.75, 3.05) is 31.2 Å². The molecule has 1 aliphatic heterocycles. The highest BCUT2D eigenvalue weighted by atomic mass is 79.9. The van der Waals surface area contributed by atoms with Gasteiger partial charge < -0.3 is 4.90 Å². The lowest BCUT2D eigenvalue weighted by atomic mass is 9.93. The molecule has 0 aliphatic carbocycles. The van der Waals surface area contributed by atoms with Crippen LogP contribution in [0.4, 0.5) is 5.82 Å². The number of rotatable bonds is 7. The molecule has 0 atom stereocenters. The quantitative estimate of drug-likeness (QED) is 0.193. The molecule has 172 valence electrons. The van der Waals surface area contributed by atoms with E-state index >= 15 is 0 Å². The second kappa shape index (κ2) is 10.2. The van der Waals surface area contributed by atoms with E-state index in [-0.39, 0.29) is 0 Å². The minimum Gasteiger partial charge on any atom is -0.355 e. The molecule has 4 rings (SSSR count). The Morgan fingerprint density at radius 3 is 2.38 bits per heavy atom. The number of aryl methyl sites for hydroxylation is 4. The fraction of sp³-hybridized carbons (Fsp3) is 0.520. The maximum absolute atomic E-state index is 5.22. The van der Waals surface area contributed by atoms with Crippen LogP contribution in [0.3, 0.4) is 0 Å². The normalized spacial score (nSPS) is 15.1. The van der Waals surface area contributed by atoms with Gasteiger partial charge in [-0.05, 0) is 88.6 Å². The standard InChI is InChI=1S/C25H32BrN3O2S/c1-6-30-31-12-9-19-7-10-29(11-8-19)25-24-23(27-18(5)28-25)22(17(4)32-24)21-15(2)13-20(26)14-16(21)3/h13-14,19H,6-12H2,1-5H3. The van der Waals surface area contributed by atoms with Gasteiger partial charge in [0.25, 0.3) is 0 Å². The van der Waals surface area contributed by atoms with E-state index in [1.165, 1.54) is 31.8 Å². The van der Waals surface area contributed by atoms with Crippen LogP contribution < -0.4 is 4.90 Å². The van der Waals surface area contributed by atoms with Crippen molar-refractivity contribution in [2.24, 2.45) is 5.92 Å². The van der Waals surface area contributed by atoms with Gasteiger partial charge in [0.1, 0.15) is 11.6 Å². The van der Waals surface area contributed by atoms with E-state index in [4.69, 9.17) is 19.7 Å². The van der Waals surface area contributed by atoms with E-state index in [0.717, 1.165) is 54.0 Å². The van der Waals surface area contributed by atoms with Crippen LogP contribution >= 0.6 is 27.3 Å². The van der Waals surface area contributed by atoms with Crippen molar-refractivity contribution in [1.82, 2.24) is 9.97 Å². The van der Waals surface area contributed by atoms with Crippen LogP contribution in [0.25, 0.3) is 21.3 Å². The third kappa shape index (κ3) is 4.86. The smallest absolute Gasteiger partial charge is 0.150 e. The van der Waals surface area contributed by atoms with Crippen LogP contribution in [0.2, 0.25) is 0 Å². The third-order valence-corrected chi connectivity index (χ3v) is 7.82. The number of thiophene rings is 1. The van der Waals surface area contributed by atoms with Crippen molar-refractivity contribution in [1.29, 1.82) is 0 Å². The first kappa shape index (κ1) is 23.6. The molecule has 0 radical (unpaired) electrons. The van der Waals surface area contributed by atoms with Crippen molar-refractivity contribution in [2.45, 2.75) is 53.9 Å². The van der Waals surface area contributed by atoms with Crippen LogP contribution in [-0.4, -0.2) is 36.3 Å². The first-order chi connectivity index (χ1) is 15.4. The molecule has 0 amide bonds. The van der Waals surface area contributed by atoms with E-state index in [1.54, 1.807) is 0 Å². The Morgan fingerprint density at radius 2 is 1.72 bits per heavy atom. The Hall–Kier alpha value is -1.54. The molecular formula is C25H32BrN3O2S. The highest BCUT2D eigenvalue weighted by Crippen LogP contribution is 2.44. The SMILES string of the molecule is CCOOCCC1CCN(c2nc(C)nc3c(-c4c(C)cc(Br)cc4C)c(C)sc23)CC1. The van der Waals surface area contributed by atoms with Crippen molar-refractivity contribution < 1.29 is 9.78 Å². The molecule has 0 bridgehead atoms. The van der Waals surface area contributed by atoms with Gasteiger partial charge in [-0.1, -0.05) is 15.9 Å². The molecule has 3 heterocycles. The van der Waals surface area contributed by atoms with Gasteiger partial charge in [0.15, 0.2) is 0 Å². The van der Waals surface area contributed by atoms with Gasteiger partial charge in [0.05, 0.1) is 23.4 Å². The van der Waals surface area contributed by atoms with Gasteiger partial charge in [0, 0.05) is 28.0 Å². The first-order valence-corrected chi connectivity index (χ1v) is 13.0. The molecule has 0 N–H and O–H groups in total. The maximum atomic E-state index is 5.22. The maximum Gasteiger partial charge on any atom is 0.150 e. The van der Waals surface area contributed by atoms with Crippen LogP contribution in [-0.2, 0) is 9.78 Å². The van der Waals surface area contributed by atoms with Crippen molar-refractivity contribution in [3.8, 4) is 11.1 Å². The number of nitrogens with zero attached hydrogens (tertiary/aromatic N) is 3. The van der Waals surface area contributed by atoms with Gasteiger partial charge in [-0.3, -0.25) is 0 Å². The highest BCUT2D eigenvalue weighted by molar-refractivity contribution is 9.10. The van der Waals surface area contributed by atoms with E-state index in [0.29, 0.717) is 19.1 Å². The van der Waals surface area contributed by atoms with Crippen molar-refractivity contribution >= 4 is 43.3 Å². The lowest BCUT2D eigenvalue weighted by Crippen LogP contribution is -2.34. The summed E-state index contributed by atoms with van der Waals surface area (Å²) in [5, 5.41) is 0. The number of benzene rings is 1. The highest BCUT2D eigenvalue weighted by Gasteiger charge is 2.25. The predicted molar refractivity (Wildman–Crippen MR) is 137 cm³/mol. The largest absolute Gasteiger partial charge is 0.355 e. The van der Waals surface area contributed by atoms with E-state index in [9.17, 15) is 0 Å². The number of fused-ring (bicyclic) bond motifs is 1. The van der Waals surface area contributed by atoms with Gasteiger partial charge in [-0.15, -0.1) is 11.3 Å². The Labute approximate surface area is 203 Å². The van der Waals surface area contributed by atoms with Gasteiger partial charge in [-0.2, -0.15) is 0 Å². The number of anilines is 1. The molecule has 5 nitrogen and oxygen atoms in total. The summed E-state index contributed by atoms with van der Waals surface area (Å²) >= 11 is 5.47. The number of piperidine rings is 1. The van der Waals surface area contributed by atoms with Crippen LogP contribution in [0.1, 0.15) is 48.0 Å². The van der Waals surface area contributed by atoms with Crippen LogP contribution in [0, 0.1) is 33.6 Å². The van der Waals surface area contributed by atoms with Crippen molar-refractivity contribution in [3.63, 3.8) is 0 Å². The number of halogens is 1. The number of hydrogen-bond donors (Lipinski definition) is 0. The van der Waals surface area contributed by atoms with Gasteiger partial charge in [-0.25, -0.2) is 19.7 Å². The molecule has 1 saturated heterocycles. The first-order valence-electron chi connectivity index (χ1n) is 11.4.